The van der Waals surface area contributed by atoms with Gasteiger partial charge in [-0.2, -0.15) is 13.2 Å². The second-order valence-corrected chi connectivity index (χ2v) is 5.78. The van der Waals surface area contributed by atoms with E-state index in [-0.39, 0.29) is 5.91 Å². The zero-order chi connectivity index (χ0) is 17.3. The number of alkyl halides is 3. The first-order valence-corrected chi connectivity index (χ1v) is 7.89. The molecule has 0 unspecified atom stereocenters. The molecule has 0 bridgehead atoms. The standard InChI is InChI=1S/C17H18F3N3O/c1-2-16(24)23-9-7-22(8-10-23)15-5-6-21-14-11-12(17(18,19)20)3-4-13(14)15/h3-6,11H,2,7-10H2,1H3. The second kappa shape index (κ2) is 6.30. The number of aromatic nitrogens is 1. The number of pyridine rings is 1. The minimum absolute atomic E-state index is 0.129. The highest BCUT2D eigenvalue weighted by atomic mass is 19.4. The summed E-state index contributed by atoms with van der Waals surface area (Å²) in [4.78, 5) is 19.7. The van der Waals surface area contributed by atoms with Crippen molar-refractivity contribution in [2.45, 2.75) is 19.5 Å². The van der Waals surface area contributed by atoms with Crippen LogP contribution in [0.5, 0.6) is 0 Å². The van der Waals surface area contributed by atoms with Crippen molar-refractivity contribution in [1.29, 1.82) is 0 Å². The number of carbonyl (C=O) groups excluding carboxylic acids is 1. The summed E-state index contributed by atoms with van der Waals surface area (Å²) >= 11 is 0. The largest absolute Gasteiger partial charge is 0.416 e. The lowest BCUT2D eigenvalue weighted by atomic mass is 10.1. The van der Waals surface area contributed by atoms with Gasteiger partial charge in [0, 0.05) is 49.9 Å². The van der Waals surface area contributed by atoms with Crippen LogP contribution in [0.4, 0.5) is 18.9 Å². The SMILES string of the molecule is CCC(=O)N1CCN(c2ccnc3cc(C(F)(F)F)ccc23)CC1. The van der Waals surface area contributed by atoms with Crippen molar-refractivity contribution in [2.24, 2.45) is 0 Å². The number of anilines is 1. The van der Waals surface area contributed by atoms with E-state index in [0.29, 0.717) is 43.5 Å². The van der Waals surface area contributed by atoms with Gasteiger partial charge in [-0.1, -0.05) is 13.0 Å². The van der Waals surface area contributed by atoms with Crippen LogP contribution in [0.25, 0.3) is 10.9 Å². The van der Waals surface area contributed by atoms with Crippen LogP contribution >= 0.6 is 0 Å². The maximum absolute atomic E-state index is 12.8. The highest BCUT2D eigenvalue weighted by molar-refractivity contribution is 5.92. The Kier molecular flexibility index (Phi) is 4.34. The molecule has 0 saturated carbocycles. The van der Waals surface area contributed by atoms with Gasteiger partial charge in [-0.05, 0) is 18.2 Å². The van der Waals surface area contributed by atoms with Gasteiger partial charge in [0.15, 0.2) is 0 Å². The molecule has 1 aliphatic rings. The monoisotopic (exact) mass is 337 g/mol. The lowest BCUT2D eigenvalue weighted by Crippen LogP contribution is -2.48. The summed E-state index contributed by atoms with van der Waals surface area (Å²) in [7, 11) is 0. The van der Waals surface area contributed by atoms with Crippen LogP contribution in [0, 0.1) is 0 Å². The maximum atomic E-state index is 12.8. The molecule has 0 spiro atoms. The Morgan fingerprint density at radius 1 is 1.17 bits per heavy atom. The number of benzene rings is 1. The van der Waals surface area contributed by atoms with E-state index in [9.17, 15) is 18.0 Å². The number of amides is 1. The number of hydrogen-bond acceptors (Lipinski definition) is 3. The van der Waals surface area contributed by atoms with Gasteiger partial charge in [0.25, 0.3) is 0 Å². The first kappa shape index (κ1) is 16.5. The first-order valence-electron chi connectivity index (χ1n) is 7.89. The Bertz CT molecular complexity index is 752. The van der Waals surface area contributed by atoms with E-state index in [2.05, 4.69) is 9.88 Å². The normalized spacial score (nSPS) is 15.8. The molecule has 0 atom stereocenters. The van der Waals surface area contributed by atoms with E-state index in [0.717, 1.165) is 17.8 Å². The molecule has 4 nitrogen and oxygen atoms in total. The van der Waals surface area contributed by atoms with Crippen LogP contribution in [0.2, 0.25) is 0 Å². The van der Waals surface area contributed by atoms with E-state index >= 15 is 0 Å². The van der Waals surface area contributed by atoms with Gasteiger partial charge >= 0.3 is 6.18 Å². The Morgan fingerprint density at radius 2 is 1.88 bits per heavy atom. The smallest absolute Gasteiger partial charge is 0.367 e. The summed E-state index contributed by atoms with van der Waals surface area (Å²) in [6.45, 7) is 4.40. The molecule has 0 aliphatic carbocycles. The van der Waals surface area contributed by atoms with Gasteiger partial charge in [-0.3, -0.25) is 9.78 Å². The predicted octanol–water partition coefficient (Wildman–Crippen LogP) is 3.31. The number of halogens is 3. The fraction of sp³-hybridized carbons (Fsp3) is 0.412. The number of carbonyl (C=O) groups is 1. The van der Waals surface area contributed by atoms with Crippen molar-refractivity contribution in [1.82, 2.24) is 9.88 Å². The predicted molar refractivity (Wildman–Crippen MR) is 85.8 cm³/mol. The van der Waals surface area contributed by atoms with Crippen LogP contribution < -0.4 is 4.90 Å². The average Bonchev–Trinajstić information content (AvgIpc) is 2.59. The van der Waals surface area contributed by atoms with Crippen molar-refractivity contribution < 1.29 is 18.0 Å². The van der Waals surface area contributed by atoms with Crippen LogP contribution in [-0.4, -0.2) is 42.0 Å². The number of nitrogens with zero attached hydrogens (tertiary/aromatic N) is 3. The van der Waals surface area contributed by atoms with E-state index in [1.54, 1.807) is 0 Å². The molecule has 1 aliphatic heterocycles. The minimum Gasteiger partial charge on any atom is -0.367 e. The fourth-order valence-corrected chi connectivity index (χ4v) is 3.01. The third-order valence-corrected chi connectivity index (χ3v) is 4.32. The topological polar surface area (TPSA) is 36.4 Å². The highest BCUT2D eigenvalue weighted by Gasteiger charge is 2.31. The highest BCUT2D eigenvalue weighted by Crippen LogP contribution is 2.33. The van der Waals surface area contributed by atoms with E-state index in [4.69, 9.17) is 0 Å². The summed E-state index contributed by atoms with van der Waals surface area (Å²) in [5.74, 6) is 0.129. The van der Waals surface area contributed by atoms with Gasteiger partial charge in [0.2, 0.25) is 5.91 Å². The van der Waals surface area contributed by atoms with Gasteiger partial charge in [0.05, 0.1) is 11.1 Å². The van der Waals surface area contributed by atoms with E-state index in [1.165, 1.54) is 12.3 Å². The van der Waals surface area contributed by atoms with Crippen molar-refractivity contribution in [2.75, 3.05) is 31.1 Å². The Morgan fingerprint density at radius 3 is 2.50 bits per heavy atom. The van der Waals surface area contributed by atoms with Gasteiger partial charge < -0.3 is 9.80 Å². The molecule has 3 rings (SSSR count). The van der Waals surface area contributed by atoms with Crippen molar-refractivity contribution in [3.8, 4) is 0 Å². The molecule has 0 N–H and O–H groups in total. The quantitative estimate of drug-likeness (QED) is 0.844. The summed E-state index contributed by atoms with van der Waals surface area (Å²) in [5.41, 5.74) is 0.490. The maximum Gasteiger partial charge on any atom is 0.416 e. The van der Waals surface area contributed by atoms with Crippen molar-refractivity contribution in [3.05, 3.63) is 36.0 Å². The molecule has 7 heteroatoms. The summed E-state index contributed by atoms with van der Waals surface area (Å²) in [6.07, 6.45) is -2.36. The molecule has 24 heavy (non-hydrogen) atoms. The summed E-state index contributed by atoms with van der Waals surface area (Å²) in [5, 5.41) is 0.695. The molecule has 0 radical (unpaired) electrons. The first-order chi connectivity index (χ1) is 11.4. The molecule has 128 valence electrons. The van der Waals surface area contributed by atoms with Gasteiger partial charge in [-0.25, -0.2) is 0 Å². The van der Waals surface area contributed by atoms with Gasteiger partial charge in [0.1, 0.15) is 0 Å². The van der Waals surface area contributed by atoms with Crippen molar-refractivity contribution >= 4 is 22.5 Å². The zero-order valence-electron chi connectivity index (χ0n) is 13.3. The average molecular weight is 337 g/mol. The third-order valence-electron chi connectivity index (χ3n) is 4.32. The molecule has 1 amide bonds. The number of piperazine rings is 1. The van der Waals surface area contributed by atoms with Crippen LogP contribution in [-0.2, 0) is 11.0 Å². The van der Waals surface area contributed by atoms with E-state index < -0.39 is 11.7 Å². The Labute approximate surface area is 137 Å². The Hall–Kier alpha value is -2.31. The van der Waals surface area contributed by atoms with Crippen LogP contribution in [0.3, 0.4) is 0 Å². The van der Waals surface area contributed by atoms with Crippen LogP contribution in [0.1, 0.15) is 18.9 Å². The van der Waals surface area contributed by atoms with E-state index in [1.807, 2.05) is 17.9 Å². The minimum atomic E-state index is -4.38. The number of rotatable bonds is 2. The molecule has 2 aromatic rings. The molecule has 2 heterocycles. The third kappa shape index (κ3) is 3.16. The summed E-state index contributed by atoms with van der Waals surface area (Å²) < 4.78 is 38.5. The molecule has 1 aromatic heterocycles. The number of fused-ring (bicyclic) bond motifs is 1. The molecular weight excluding hydrogens is 319 g/mol. The zero-order valence-corrected chi connectivity index (χ0v) is 13.3. The Balaban J connectivity index is 1.87. The molecule has 1 fully saturated rings. The second-order valence-electron chi connectivity index (χ2n) is 5.78. The van der Waals surface area contributed by atoms with Gasteiger partial charge in [-0.15, -0.1) is 0 Å². The van der Waals surface area contributed by atoms with Crippen LogP contribution in [0.15, 0.2) is 30.5 Å². The molecular formula is C17H18F3N3O. The fourth-order valence-electron chi connectivity index (χ4n) is 3.01. The molecule has 1 aromatic carbocycles. The lowest BCUT2D eigenvalue weighted by molar-refractivity contribution is -0.137. The van der Waals surface area contributed by atoms with Crippen molar-refractivity contribution in [3.63, 3.8) is 0 Å². The number of hydrogen-bond donors (Lipinski definition) is 0. The molecule has 1 saturated heterocycles. The summed E-state index contributed by atoms with van der Waals surface area (Å²) in [6, 6.07) is 5.46. The lowest BCUT2D eigenvalue weighted by Gasteiger charge is -2.36.